The van der Waals surface area contributed by atoms with Crippen molar-refractivity contribution in [1.82, 2.24) is 9.55 Å². The van der Waals surface area contributed by atoms with Gasteiger partial charge in [0, 0.05) is 30.6 Å². The minimum absolute atomic E-state index is 0.0747. The largest absolute Gasteiger partial charge is 0.388 e. The van der Waals surface area contributed by atoms with E-state index in [-0.39, 0.29) is 17.8 Å². The average molecular weight is 274 g/mol. The summed E-state index contributed by atoms with van der Waals surface area (Å²) in [6.45, 7) is 1.74. The van der Waals surface area contributed by atoms with E-state index in [1.807, 2.05) is 0 Å². The molecule has 7 heteroatoms. The van der Waals surface area contributed by atoms with E-state index in [9.17, 15) is 14.9 Å². The molecule has 2 aromatic heterocycles. The molecule has 7 nitrogen and oxygen atoms in total. The fourth-order valence-corrected chi connectivity index (χ4v) is 1.86. The van der Waals surface area contributed by atoms with Crippen molar-refractivity contribution in [2.45, 2.75) is 13.5 Å². The zero-order chi connectivity index (χ0) is 14.7. The third-order valence-corrected chi connectivity index (χ3v) is 2.94. The number of nitrogens with zero attached hydrogens (tertiary/aromatic N) is 3. The van der Waals surface area contributed by atoms with E-state index in [2.05, 4.69) is 10.3 Å². The third-order valence-electron chi connectivity index (χ3n) is 2.94. The Labute approximate surface area is 115 Å². The van der Waals surface area contributed by atoms with Gasteiger partial charge < -0.3 is 9.88 Å². The van der Waals surface area contributed by atoms with Crippen LogP contribution >= 0.6 is 0 Å². The number of hydrogen-bond donors (Lipinski definition) is 1. The number of pyridine rings is 2. The molecule has 0 bridgehead atoms. The van der Waals surface area contributed by atoms with Gasteiger partial charge in [0.05, 0.1) is 23.4 Å². The summed E-state index contributed by atoms with van der Waals surface area (Å²) in [6, 6.07) is 4.85. The minimum atomic E-state index is -0.497. The maximum atomic E-state index is 11.9. The Morgan fingerprint density at radius 3 is 2.85 bits per heavy atom. The molecule has 0 spiro atoms. The van der Waals surface area contributed by atoms with Crippen LogP contribution in [0.3, 0.4) is 0 Å². The zero-order valence-corrected chi connectivity index (χ0v) is 11.2. The zero-order valence-electron chi connectivity index (χ0n) is 11.2. The summed E-state index contributed by atoms with van der Waals surface area (Å²) in [5, 5.41) is 13.9. The molecule has 0 aliphatic rings. The van der Waals surface area contributed by atoms with E-state index in [4.69, 9.17) is 0 Å². The third kappa shape index (κ3) is 2.82. The van der Waals surface area contributed by atoms with Crippen LogP contribution in [0, 0.1) is 17.0 Å². The van der Waals surface area contributed by atoms with Crippen molar-refractivity contribution in [2.75, 3.05) is 12.4 Å². The second-order valence-electron chi connectivity index (χ2n) is 4.35. The van der Waals surface area contributed by atoms with Gasteiger partial charge in [-0.25, -0.2) is 0 Å². The van der Waals surface area contributed by atoms with Crippen LogP contribution in [0.4, 0.5) is 11.4 Å². The first-order valence-corrected chi connectivity index (χ1v) is 5.99. The number of nitro groups is 1. The summed E-state index contributed by atoms with van der Waals surface area (Å²) >= 11 is 0. The Balaban J connectivity index is 2.40. The quantitative estimate of drug-likeness (QED) is 0.674. The first-order chi connectivity index (χ1) is 9.51. The van der Waals surface area contributed by atoms with Gasteiger partial charge in [-0.05, 0) is 19.1 Å². The monoisotopic (exact) mass is 274 g/mol. The molecule has 0 fully saturated rings. The lowest BCUT2D eigenvalue weighted by Crippen LogP contribution is -2.21. The van der Waals surface area contributed by atoms with E-state index in [1.54, 1.807) is 32.3 Å². The van der Waals surface area contributed by atoms with Crippen molar-refractivity contribution in [2.24, 2.45) is 0 Å². The van der Waals surface area contributed by atoms with Crippen LogP contribution < -0.4 is 10.9 Å². The summed E-state index contributed by atoms with van der Waals surface area (Å²) in [6.07, 6.45) is 2.88. The highest BCUT2D eigenvalue weighted by Gasteiger charge is 2.13. The molecule has 0 aliphatic heterocycles. The molecule has 0 radical (unpaired) electrons. The maximum Gasteiger partial charge on any atom is 0.288 e. The van der Waals surface area contributed by atoms with Gasteiger partial charge in [-0.3, -0.25) is 19.9 Å². The van der Waals surface area contributed by atoms with Crippen LogP contribution in [-0.4, -0.2) is 21.5 Å². The lowest BCUT2D eigenvalue weighted by molar-refractivity contribution is -0.385. The summed E-state index contributed by atoms with van der Waals surface area (Å²) in [4.78, 5) is 26.4. The number of anilines is 1. The molecular formula is C13H14N4O3. The van der Waals surface area contributed by atoms with Gasteiger partial charge in [-0.15, -0.1) is 0 Å². The van der Waals surface area contributed by atoms with Gasteiger partial charge in [-0.2, -0.15) is 0 Å². The summed E-state index contributed by atoms with van der Waals surface area (Å²) in [5.74, 6) is 0. The van der Waals surface area contributed by atoms with E-state index in [1.165, 1.54) is 16.8 Å². The number of aryl methyl sites for hydroxylation is 1. The Morgan fingerprint density at radius 2 is 2.20 bits per heavy atom. The normalized spacial score (nSPS) is 10.3. The Morgan fingerprint density at radius 1 is 1.45 bits per heavy atom. The predicted octanol–water partition coefficient (Wildman–Crippen LogP) is 1.55. The first-order valence-electron chi connectivity index (χ1n) is 5.99. The Bertz CT molecular complexity index is 709. The molecule has 104 valence electrons. The van der Waals surface area contributed by atoms with Gasteiger partial charge in [0.25, 0.3) is 11.2 Å². The van der Waals surface area contributed by atoms with E-state index < -0.39 is 4.92 Å². The van der Waals surface area contributed by atoms with Crippen molar-refractivity contribution >= 4 is 11.4 Å². The van der Waals surface area contributed by atoms with E-state index >= 15 is 0 Å². The molecule has 0 saturated heterocycles. The fraction of sp³-hybridized carbons (Fsp3) is 0.231. The van der Waals surface area contributed by atoms with Gasteiger partial charge in [-0.1, -0.05) is 0 Å². The average Bonchev–Trinajstić information content (AvgIpc) is 2.41. The molecule has 0 saturated carbocycles. The summed E-state index contributed by atoms with van der Waals surface area (Å²) in [7, 11) is 1.78. The number of nitrogens with one attached hydrogen (secondary N) is 1. The Kier molecular flexibility index (Phi) is 3.79. The second-order valence-corrected chi connectivity index (χ2v) is 4.35. The second kappa shape index (κ2) is 5.52. The SMILES string of the molecule is CNc1ccnc(Cn2cc([N+](=O)[O-])c(C)cc2=O)c1. The van der Waals surface area contributed by atoms with Gasteiger partial charge in [0.2, 0.25) is 0 Å². The number of rotatable bonds is 4. The standard InChI is InChI=1S/C13H14N4O3/c1-9-5-13(18)16(8-12(9)17(19)20)7-11-6-10(14-2)3-4-15-11/h3-6,8H,7H2,1-2H3,(H,14,15). The van der Waals surface area contributed by atoms with Gasteiger partial charge >= 0.3 is 0 Å². The molecule has 2 aromatic rings. The van der Waals surface area contributed by atoms with Gasteiger partial charge in [0.1, 0.15) is 0 Å². The highest BCUT2D eigenvalue weighted by Crippen LogP contribution is 2.15. The molecule has 20 heavy (non-hydrogen) atoms. The lowest BCUT2D eigenvalue weighted by Gasteiger charge is -2.07. The summed E-state index contributed by atoms with van der Waals surface area (Å²) in [5.41, 5.74) is 1.51. The molecule has 0 unspecified atom stereocenters. The van der Waals surface area contributed by atoms with Crippen LogP contribution in [0.25, 0.3) is 0 Å². The van der Waals surface area contributed by atoms with Crippen molar-refractivity contribution < 1.29 is 4.92 Å². The minimum Gasteiger partial charge on any atom is -0.388 e. The number of aromatic nitrogens is 2. The topological polar surface area (TPSA) is 90.1 Å². The van der Waals surface area contributed by atoms with E-state index in [0.717, 1.165) is 5.69 Å². The van der Waals surface area contributed by atoms with Crippen LogP contribution in [0.2, 0.25) is 0 Å². The Hall–Kier alpha value is -2.70. The molecule has 1 N–H and O–H groups in total. The molecule has 0 aromatic carbocycles. The molecular weight excluding hydrogens is 260 g/mol. The van der Waals surface area contributed by atoms with Crippen LogP contribution in [-0.2, 0) is 6.54 Å². The van der Waals surface area contributed by atoms with E-state index in [0.29, 0.717) is 11.3 Å². The van der Waals surface area contributed by atoms with Crippen molar-refractivity contribution in [3.05, 3.63) is 62.3 Å². The van der Waals surface area contributed by atoms with Crippen LogP contribution in [0.15, 0.2) is 35.4 Å². The highest BCUT2D eigenvalue weighted by molar-refractivity contribution is 5.42. The van der Waals surface area contributed by atoms with Crippen LogP contribution in [0.1, 0.15) is 11.3 Å². The maximum absolute atomic E-state index is 11.9. The lowest BCUT2D eigenvalue weighted by atomic mass is 10.2. The number of hydrogen-bond acceptors (Lipinski definition) is 5. The molecule has 0 aliphatic carbocycles. The van der Waals surface area contributed by atoms with Crippen LogP contribution in [0.5, 0.6) is 0 Å². The smallest absolute Gasteiger partial charge is 0.288 e. The van der Waals surface area contributed by atoms with Crippen molar-refractivity contribution in [3.8, 4) is 0 Å². The molecule has 2 heterocycles. The fourth-order valence-electron chi connectivity index (χ4n) is 1.86. The molecule has 0 amide bonds. The van der Waals surface area contributed by atoms with Crippen molar-refractivity contribution in [3.63, 3.8) is 0 Å². The first kappa shape index (κ1) is 13.7. The van der Waals surface area contributed by atoms with Crippen molar-refractivity contribution in [1.29, 1.82) is 0 Å². The highest BCUT2D eigenvalue weighted by atomic mass is 16.6. The predicted molar refractivity (Wildman–Crippen MR) is 75.0 cm³/mol. The molecule has 0 atom stereocenters. The van der Waals surface area contributed by atoms with Gasteiger partial charge in [0.15, 0.2) is 0 Å². The summed E-state index contributed by atoms with van der Waals surface area (Å²) < 4.78 is 1.28. The molecule has 2 rings (SSSR count).